The number of nitrogens with one attached hydrogen (secondary N) is 1. The van der Waals surface area contributed by atoms with E-state index in [0.29, 0.717) is 24.5 Å². The molecule has 1 aromatic heterocycles. The van der Waals surface area contributed by atoms with Gasteiger partial charge in [0.05, 0.1) is 19.3 Å². The van der Waals surface area contributed by atoms with E-state index in [-0.39, 0.29) is 17.9 Å². The Kier molecular flexibility index (Phi) is 7.17. The number of nitrogens with zero attached hydrogens (tertiary/aromatic N) is 1. The Morgan fingerprint density at radius 3 is 2.63 bits per heavy atom. The third-order valence-electron chi connectivity index (χ3n) is 4.74. The van der Waals surface area contributed by atoms with E-state index in [4.69, 9.17) is 9.15 Å². The van der Waals surface area contributed by atoms with Crippen molar-refractivity contribution in [1.82, 2.24) is 10.3 Å². The topological polar surface area (TPSA) is 64.4 Å². The molecular weight excluding hydrogens is 390 g/mol. The SMILES string of the molecule is CCC[C@H](NC(=O)CCc1ncc(-c2ccc(OC)cc2)o1)c1ccc(F)cc1F. The second-order valence-electron chi connectivity index (χ2n) is 6.92. The van der Waals surface area contributed by atoms with Crippen LogP contribution in [0.4, 0.5) is 8.78 Å². The van der Waals surface area contributed by atoms with Gasteiger partial charge in [-0.1, -0.05) is 19.4 Å². The molecule has 1 amide bonds. The maximum atomic E-state index is 14.1. The minimum atomic E-state index is -0.661. The maximum absolute atomic E-state index is 14.1. The second kappa shape index (κ2) is 10.0. The number of hydrogen-bond acceptors (Lipinski definition) is 4. The van der Waals surface area contributed by atoms with Crippen molar-refractivity contribution in [1.29, 1.82) is 0 Å². The van der Waals surface area contributed by atoms with Crippen LogP contribution in [-0.2, 0) is 11.2 Å². The van der Waals surface area contributed by atoms with Crippen LogP contribution >= 0.6 is 0 Å². The highest BCUT2D eigenvalue weighted by atomic mass is 19.1. The van der Waals surface area contributed by atoms with Crippen LogP contribution in [0, 0.1) is 11.6 Å². The highest BCUT2D eigenvalue weighted by Crippen LogP contribution is 2.24. The highest BCUT2D eigenvalue weighted by Gasteiger charge is 2.18. The van der Waals surface area contributed by atoms with E-state index in [1.165, 1.54) is 12.1 Å². The quantitative estimate of drug-likeness (QED) is 0.521. The molecule has 0 saturated heterocycles. The average Bonchev–Trinajstić information content (AvgIpc) is 3.21. The number of methoxy groups -OCH3 is 1. The van der Waals surface area contributed by atoms with Crippen LogP contribution in [0.3, 0.4) is 0 Å². The summed E-state index contributed by atoms with van der Waals surface area (Å²) >= 11 is 0. The van der Waals surface area contributed by atoms with E-state index < -0.39 is 17.7 Å². The predicted molar refractivity (Wildman–Crippen MR) is 109 cm³/mol. The largest absolute Gasteiger partial charge is 0.497 e. The van der Waals surface area contributed by atoms with Crippen molar-refractivity contribution in [3.63, 3.8) is 0 Å². The van der Waals surface area contributed by atoms with Gasteiger partial charge in [-0.25, -0.2) is 13.8 Å². The minimum Gasteiger partial charge on any atom is -0.497 e. The number of halogens is 2. The molecule has 0 unspecified atom stereocenters. The lowest BCUT2D eigenvalue weighted by Crippen LogP contribution is -2.29. The van der Waals surface area contributed by atoms with Crippen LogP contribution in [0.2, 0.25) is 0 Å². The first-order valence-electron chi connectivity index (χ1n) is 9.83. The summed E-state index contributed by atoms with van der Waals surface area (Å²) < 4.78 is 38.2. The van der Waals surface area contributed by atoms with E-state index in [9.17, 15) is 13.6 Å². The molecule has 1 atom stereocenters. The molecule has 0 spiro atoms. The van der Waals surface area contributed by atoms with Gasteiger partial charge in [-0.3, -0.25) is 4.79 Å². The molecule has 0 saturated carbocycles. The third kappa shape index (κ3) is 5.43. The number of aryl methyl sites for hydroxylation is 1. The van der Waals surface area contributed by atoms with E-state index in [1.54, 1.807) is 13.3 Å². The summed E-state index contributed by atoms with van der Waals surface area (Å²) in [6.07, 6.45) is 3.36. The number of oxazole rings is 1. The van der Waals surface area contributed by atoms with Crippen molar-refractivity contribution < 1.29 is 22.7 Å². The van der Waals surface area contributed by atoms with E-state index in [1.807, 2.05) is 31.2 Å². The van der Waals surface area contributed by atoms with Gasteiger partial charge in [0.2, 0.25) is 5.91 Å². The molecule has 2 aromatic carbocycles. The molecule has 0 radical (unpaired) electrons. The Morgan fingerprint density at radius 1 is 1.20 bits per heavy atom. The monoisotopic (exact) mass is 414 g/mol. The number of amides is 1. The predicted octanol–water partition coefficient (Wildman–Crippen LogP) is 5.22. The Bertz CT molecular complexity index is 986. The van der Waals surface area contributed by atoms with Gasteiger partial charge in [-0.05, 0) is 36.8 Å². The molecule has 1 heterocycles. The van der Waals surface area contributed by atoms with Gasteiger partial charge in [0, 0.05) is 30.0 Å². The molecule has 158 valence electrons. The molecule has 5 nitrogen and oxygen atoms in total. The van der Waals surface area contributed by atoms with Crippen molar-refractivity contribution in [2.45, 2.75) is 38.6 Å². The van der Waals surface area contributed by atoms with Gasteiger partial charge >= 0.3 is 0 Å². The van der Waals surface area contributed by atoms with Crippen LogP contribution < -0.4 is 10.1 Å². The van der Waals surface area contributed by atoms with Crippen LogP contribution in [0.5, 0.6) is 5.75 Å². The molecule has 3 aromatic rings. The molecule has 7 heteroatoms. The fourth-order valence-corrected chi connectivity index (χ4v) is 3.18. The first kappa shape index (κ1) is 21.5. The van der Waals surface area contributed by atoms with Gasteiger partial charge in [-0.2, -0.15) is 0 Å². The Balaban J connectivity index is 1.59. The summed E-state index contributed by atoms with van der Waals surface area (Å²) in [7, 11) is 1.60. The van der Waals surface area contributed by atoms with E-state index >= 15 is 0 Å². The summed E-state index contributed by atoms with van der Waals surface area (Å²) in [5.41, 5.74) is 1.14. The van der Waals surface area contributed by atoms with E-state index in [2.05, 4.69) is 10.3 Å². The molecule has 0 aliphatic rings. The molecule has 30 heavy (non-hydrogen) atoms. The van der Waals surface area contributed by atoms with Gasteiger partial charge in [0.25, 0.3) is 0 Å². The van der Waals surface area contributed by atoms with Crippen LogP contribution in [0.15, 0.2) is 53.1 Å². The lowest BCUT2D eigenvalue weighted by molar-refractivity contribution is -0.122. The standard InChI is InChI=1S/C23H24F2N2O3/c1-3-4-20(18-10-7-16(24)13-19(18)25)27-22(28)11-12-23-26-14-21(30-23)15-5-8-17(29-2)9-6-15/h5-10,13-14,20H,3-4,11-12H2,1-2H3,(H,27,28)/t20-/m0/s1. The van der Waals surface area contributed by atoms with Gasteiger partial charge in [0.15, 0.2) is 11.7 Å². The first-order valence-corrected chi connectivity index (χ1v) is 9.83. The number of aromatic nitrogens is 1. The summed E-state index contributed by atoms with van der Waals surface area (Å²) in [5, 5.41) is 2.83. The molecule has 0 aliphatic heterocycles. The smallest absolute Gasteiger partial charge is 0.220 e. The van der Waals surface area contributed by atoms with Crippen LogP contribution in [-0.4, -0.2) is 18.0 Å². The summed E-state index contributed by atoms with van der Waals surface area (Å²) in [5.74, 6) is 0.233. The molecule has 0 aliphatic carbocycles. The fourth-order valence-electron chi connectivity index (χ4n) is 3.18. The van der Waals surface area contributed by atoms with Crippen molar-refractivity contribution in [3.8, 4) is 17.1 Å². The minimum absolute atomic E-state index is 0.144. The van der Waals surface area contributed by atoms with Crippen molar-refractivity contribution in [2.24, 2.45) is 0 Å². The van der Waals surface area contributed by atoms with Gasteiger partial charge in [0.1, 0.15) is 17.4 Å². The summed E-state index contributed by atoms with van der Waals surface area (Å²) in [4.78, 5) is 16.6. The fraction of sp³-hybridized carbons (Fsp3) is 0.304. The molecule has 1 N–H and O–H groups in total. The molecule has 0 fully saturated rings. The number of ether oxygens (including phenoxy) is 1. The van der Waals surface area contributed by atoms with Crippen LogP contribution in [0.1, 0.15) is 43.7 Å². The number of benzene rings is 2. The van der Waals surface area contributed by atoms with Crippen molar-refractivity contribution in [2.75, 3.05) is 7.11 Å². The maximum Gasteiger partial charge on any atom is 0.220 e. The molecular formula is C23H24F2N2O3. The van der Waals surface area contributed by atoms with E-state index in [0.717, 1.165) is 23.8 Å². The van der Waals surface area contributed by atoms with Crippen LogP contribution in [0.25, 0.3) is 11.3 Å². The Morgan fingerprint density at radius 2 is 1.97 bits per heavy atom. The number of carbonyl (C=O) groups excluding carboxylic acids is 1. The zero-order chi connectivity index (χ0) is 21.5. The normalized spacial score (nSPS) is 11.9. The number of hydrogen-bond donors (Lipinski definition) is 1. The van der Waals surface area contributed by atoms with Gasteiger partial charge < -0.3 is 14.5 Å². The first-order chi connectivity index (χ1) is 14.5. The zero-order valence-electron chi connectivity index (χ0n) is 17.0. The highest BCUT2D eigenvalue weighted by molar-refractivity contribution is 5.76. The zero-order valence-corrected chi connectivity index (χ0v) is 17.0. The second-order valence-corrected chi connectivity index (χ2v) is 6.92. The van der Waals surface area contributed by atoms with Gasteiger partial charge in [-0.15, -0.1) is 0 Å². The van der Waals surface area contributed by atoms with Crippen molar-refractivity contribution in [3.05, 3.63) is 71.8 Å². The summed E-state index contributed by atoms with van der Waals surface area (Å²) in [6, 6.07) is 10.3. The Hall–Kier alpha value is -3.22. The summed E-state index contributed by atoms with van der Waals surface area (Å²) in [6.45, 7) is 1.94. The average molecular weight is 414 g/mol. The van der Waals surface area contributed by atoms with Crippen molar-refractivity contribution >= 4 is 5.91 Å². The lowest BCUT2D eigenvalue weighted by Gasteiger charge is -2.19. The molecule has 3 rings (SSSR count). The Labute approximate surface area is 174 Å². The number of carbonyl (C=O) groups is 1. The lowest BCUT2D eigenvalue weighted by atomic mass is 10.0. The molecule has 0 bridgehead atoms. The third-order valence-corrected chi connectivity index (χ3v) is 4.74. The number of rotatable bonds is 9.